The minimum atomic E-state index is -0.943. The van der Waals surface area contributed by atoms with Crippen LogP contribution in [0.25, 0.3) is 5.76 Å². The number of furan rings is 1. The number of aromatic hydroxyl groups is 1. The Hall–Kier alpha value is -4.98. The van der Waals surface area contributed by atoms with Crippen molar-refractivity contribution < 1.29 is 33.7 Å². The van der Waals surface area contributed by atoms with Crippen LogP contribution in [-0.4, -0.2) is 33.9 Å². The highest BCUT2D eigenvalue weighted by Crippen LogP contribution is 2.42. The molecule has 0 saturated carbocycles. The number of hydrogen-bond acceptors (Lipinski definition) is 7. The monoisotopic (exact) mass is 525 g/mol. The first-order chi connectivity index (χ1) is 18.9. The summed E-state index contributed by atoms with van der Waals surface area (Å²) in [5.41, 5.74) is 2.94. The molecule has 4 aromatic rings. The van der Waals surface area contributed by atoms with Crippen molar-refractivity contribution in [2.75, 3.05) is 7.11 Å². The Morgan fingerprint density at radius 3 is 2.46 bits per heavy atom. The van der Waals surface area contributed by atoms with E-state index in [-0.39, 0.29) is 29.4 Å². The van der Waals surface area contributed by atoms with Gasteiger partial charge in [0.05, 0.1) is 31.5 Å². The molecule has 2 heterocycles. The number of amides is 1. The number of aliphatic hydroxyl groups is 1. The summed E-state index contributed by atoms with van der Waals surface area (Å²) < 4.78 is 16.6. The lowest BCUT2D eigenvalue weighted by molar-refractivity contribution is -0.140. The van der Waals surface area contributed by atoms with E-state index in [1.165, 1.54) is 30.4 Å². The zero-order chi connectivity index (χ0) is 27.5. The Labute approximate surface area is 225 Å². The molecule has 5 rings (SSSR count). The van der Waals surface area contributed by atoms with E-state index >= 15 is 0 Å². The quantitative estimate of drug-likeness (QED) is 0.178. The molecule has 1 amide bonds. The Kier molecular flexibility index (Phi) is 7.10. The number of carbonyl (C=O) groups is 2. The maximum Gasteiger partial charge on any atom is 0.296 e. The van der Waals surface area contributed by atoms with Crippen molar-refractivity contribution in [1.82, 2.24) is 4.90 Å². The van der Waals surface area contributed by atoms with E-state index in [2.05, 4.69) is 0 Å². The normalized spacial score (nSPS) is 16.5. The Bertz CT molecular complexity index is 1540. The van der Waals surface area contributed by atoms with E-state index in [9.17, 15) is 19.8 Å². The van der Waals surface area contributed by atoms with Crippen LogP contribution in [0.1, 0.15) is 34.1 Å². The van der Waals surface area contributed by atoms with Crippen molar-refractivity contribution in [3.05, 3.63) is 119 Å². The third-order valence-corrected chi connectivity index (χ3v) is 6.75. The van der Waals surface area contributed by atoms with Crippen LogP contribution < -0.4 is 9.47 Å². The summed E-state index contributed by atoms with van der Waals surface area (Å²) in [7, 11) is 1.40. The highest BCUT2D eigenvalue weighted by molar-refractivity contribution is 6.46. The highest BCUT2D eigenvalue weighted by Gasteiger charge is 2.46. The average molecular weight is 526 g/mol. The predicted octanol–water partition coefficient (Wildman–Crippen LogP) is 5.50. The van der Waals surface area contributed by atoms with E-state index < -0.39 is 17.7 Å². The highest BCUT2D eigenvalue weighted by atomic mass is 16.5. The molecular formula is C31H27NO7. The summed E-state index contributed by atoms with van der Waals surface area (Å²) >= 11 is 0. The summed E-state index contributed by atoms with van der Waals surface area (Å²) in [6.07, 6.45) is 1.48. The Morgan fingerprint density at radius 1 is 1.00 bits per heavy atom. The lowest BCUT2D eigenvalue weighted by Crippen LogP contribution is -2.29. The number of aryl methyl sites for hydroxylation is 1. The molecule has 1 atom stereocenters. The molecule has 1 unspecified atom stereocenters. The number of phenolic OH excluding ortho intramolecular Hbond substituents is 1. The summed E-state index contributed by atoms with van der Waals surface area (Å²) in [6.45, 7) is 2.41. The number of phenols is 1. The smallest absolute Gasteiger partial charge is 0.296 e. The molecule has 0 aliphatic carbocycles. The Morgan fingerprint density at radius 2 is 1.77 bits per heavy atom. The summed E-state index contributed by atoms with van der Waals surface area (Å²) in [5.74, 6) is -0.774. The largest absolute Gasteiger partial charge is 0.507 e. The van der Waals surface area contributed by atoms with Gasteiger partial charge in [0.25, 0.3) is 11.7 Å². The average Bonchev–Trinajstić information content (AvgIpc) is 3.55. The minimum Gasteiger partial charge on any atom is -0.507 e. The van der Waals surface area contributed by atoms with Gasteiger partial charge in [-0.3, -0.25) is 9.59 Å². The summed E-state index contributed by atoms with van der Waals surface area (Å²) in [5, 5.41) is 21.4. The third kappa shape index (κ3) is 5.09. The molecule has 0 bridgehead atoms. The first kappa shape index (κ1) is 25.7. The van der Waals surface area contributed by atoms with E-state index in [1.54, 1.807) is 42.5 Å². The molecule has 3 aromatic carbocycles. The molecule has 0 spiro atoms. The van der Waals surface area contributed by atoms with Gasteiger partial charge in [0, 0.05) is 5.56 Å². The fourth-order valence-corrected chi connectivity index (χ4v) is 4.62. The van der Waals surface area contributed by atoms with Crippen LogP contribution in [-0.2, 0) is 22.7 Å². The molecular weight excluding hydrogens is 498 g/mol. The molecule has 198 valence electrons. The van der Waals surface area contributed by atoms with E-state index in [1.807, 2.05) is 31.2 Å². The summed E-state index contributed by atoms with van der Waals surface area (Å²) in [4.78, 5) is 27.8. The second-order valence-electron chi connectivity index (χ2n) is 9.18. The van der Waals surface area contributed by atoms with E-state index in [0.29, 0.717) is 29.2 Å². The third-order valence-electron chi connectivity index (χ3n) is 6.75. The lowest BCUT2D eigenvalue weighted by Gasteiger charge is -2.25. The SMILES string of the molecule is COc1cc(C2C(=C(O)c3ccc(OCc4ccccc4C)cc3)C(=O)C(=O)N2Cc2ccco2)ccc1O. The lowest BCUT2D eigenvalue weighted by atomic mass is 9.95. The number of aliphatic hydroxyl groups excluding tert-OH is 1. The predicted molar refractivity (Wildman–Crippen MR) is 143 cm³/mol. The number of nitrogens with zero attached hydrogens (tertiary/aromatic N) is 1. The zero-order valence-electron chi connectivity index (χ0n) is 21.5. The van der Waals surface area contributed by atoms with Gasteiger partial charge in [-0.25, -0.2) is 0 Å². The molecule has 39 heavy (non-hydrogen) atoms. The number of likely N-dealkylation sites (tertiary alicyclic amines) is 1. The van der Waals surface area contributed by atoms with Crippen molar-refractivity contribution in [3.63, 3.8) is 0 Å². The number of benzene rings is 3. The number of carbonyl (C=O) groups excluding carboxylic acids is 2. The van der Waals surface area contributed by atoms with Gasteiger partial charge in [0.2, 0.25) is 0 Å². The maximum atomic E-state index is 13.3. The fourth-order valence-electron chi connectivity index (χ4n) is 4.62. The number of ether oxygens (including phenoxy) is 2. The molecule has 1 aliphatic rings. The zero-order valence-corrected chi connectivity index (χ0v) is 21.5. The van der Waals surface area contributed by atoms with Crippen molar-refractivity contribution in [2.24, 2.45) is 0 Å². The second-order valence-corrected chi connectivity index (χ2v) is 9.18. The van der Waals surface area contributed by atoms with Gasteiger partial charge in [-0.1, -0.05) is 30.3 Å². The maximum absolute atomic E-state index is 13.3. The van der Waals surface area contributed by atoms with Crippen LogP contribution in [0.4, 0.5) is 0 Å². The van der Waals surface area contributed by atoms with Crippen LogP contribution >= 0.6 is 0 Å². The number of methoxy groups -OCH3 is 1. The van der Waals surface area contributed by atoms with Gasteiger partial charge in [-0.2, -0.15) is 0 Å². The van der Waals surface area contributed by atoms with Crippen molar-refractivity contribution in [3.8, 4) is 17.2 Å². The van der Waals surface area contributed by atoms with Gasteiger partial charge in [-0.05, 0) is 72.1 Å². The number of rotatable bonds is 8. The first-order valence-corrected chi connectivity index (χ1v) is 12.3. The molecule has 0 radical (unpaired) electrons. The molecule has 1 aromatic heterocycles. The van der Waals surface area contributed by atoms with Crippen molar-refractivity contribution in [1.29, 1.82) is 0 Å². The molecule has 8 nitrogen and oxygen atoms in total. The van der Waals surface area contributed by atoms with Crippen molar-refractivity contribution >= 4 is 17.4 Å². The standard InChI is InChI=1S/C31H27NO7/c1-19-6-3-4-7-22(19)18-39-23-12-9-20(10-13-23)29(34)27-28(21-11-14-25(33)26(16-21)37-2)32(31(36)30(27)35)17-24-8-5-15-38-24/h3-16,28,33-34H,17-18H2,1-2H3. The van der Waals surface area contributed by atoms with Crippen molar-refractivity contribution in [2.45, 2.75) is 26.1 Å². The summed E-state index contributed by atoms with van der Waals surface area (Å²) in [6, 6.07) is 21.6. The first-order valence-electron chi connectivity index (χ1n) is 12.3. The van der Waals surface area contributed by atoms with Crippen LogP contribution in [0.3, 0.4) is 0 Å². The number of Topliss-reactive ketones (excluding diaryl/α,β-unsaturated/α-hetero) is 1. The van der Waals surface area contributed by atoms with Gasteiger partial charge in [0.15, 0.2) is 11.5 Å². The Balaban J connectivity index is 1.50. The number of ketones is 1. The van der Waals surface area contributed by atoms with E-state index in [4.69, 9.17) is 13.9 Å². The van der Waals surface area contributed by atoms with E-state index in [0.717, 1.165) is 11.1 Å². The van der Waals surface area contributed by atoms with Gasteiger partial charge < -0.3 is 29.0 Å². The van der Waals surface area contributed by atoms with Crippen LogP contribution in [0.15, 0.2) is 95.1 Å². The van der Waals surface area contributed by atoms with Crippen LogP contribution in [0.2, 0.25) is 0 Å². The second kappa shape index (κ2) is 10.8. The topological polar surface area (TPSA) is 109 Å². The molecule has 8 heteroatoms. The fraction of sp³-hybridized carbons (Fsp3) is 0.161. The molecule has 1 aliphatic heterocycles. The van der Waals surface area contributed by atoms with Crippen LogP contribution in [0.5, 0.6) is 17.2 Å². The van der Waals surface area contributed by atoms with Gasteiger partial charge >= 0.3 is 0 Å². The van der Waals surface area contributed by atoms with Crippen LogP contribution in [0, 0.1) is 6.92 Å². The number of hydrogen-bond donors (Lipinski definition) is 2. The van der Waals surface area contributed by atoms with Gasteiger partial charge in [-0.15, -0.1) is 0 Å². The molecule has 2 N–H and O–H groups in total. The molecule has 1 fully saturated rings. The van der Waals surface area contributed by atoms with Gasteiger partial charge in [0.1, 0.15) is 23.9 Å². The molecule has 1 saturated heterocycles. The minimum absolute atomic E-state index is 0.00783.